The van der Waals surface area contributed by atoms with Gasteiger partial charge in [0, 0.05) is 11.8 Å². The van der Waals surface area contributed by atoms with Crippen LogP contribution in [0.2, 0.25) is 0 Å². The summed E-state index contributed by atoms with van der Waals surface area (Å²) < 4.78 is 5.15. The highest BCUT2D eigenvalue weighted by Gasteiger charge is 2.15. The molecule has 3 aromatic rings. The molecule has 2 aromatic heterocycles. The number of carbonyl (C=O) groups excluding carboxylic acids is 1. The van der Waals surface area contributed by atoms with E-state index in [0.29, 0.717) is 10.6 Å². The van der Waals surface area contributed by atoms with Crippen LogP contribution in [0.25, 0.3) is 16.6 Å². The second-order valence-corrected chi connectivity index (χ2v) is 5.89. The number of nitrogens with one attached hydrogen (secondary N) is 1. The molecule has 6 heteroatoms. The molecule has 0 bridgehead atoms. The first-order valence-corrected chi connectivity index (χ1v) is 8.12. The Balaban J connectivity index is 1.64. The van der Waals surface area contributed by atoms with E-state index < -0.39 is 0 Å². The SMILES string of the molecule is Cc1nc(-c2ccccc2)sc1C(=O)NN=C/C=C\c1ccco1. The number of aryl methyl sites for hydroxylation is 1. The number of amides is 1. The highest BCUT2D eigenvalue weighted by molar-refractivity contribution is 7.17. The van der Waals surface area contributed by atoms with Crippen molar-refractivity contribution in [2.75, 3.05) is 0 Å². The lowest BCUT2D eigenvalue weighted by Gasteiger charge is -1.95. The third kappa shape index (κ3) is 3.85. The zero-order valence-corrected chi connectivity index (χ0v) is 13.8. The Bertz CT molecular complexity index is 865. The van der Waals surface area contributed by atoms with E-state index in [2.05, 4.69) is 15.5 Å². The molecule has 1 amide bonds. The molecule has 1 N–H and O–H groups in total. The Morgan fingerprint density at radius 1 is 1.25 bits per heavy atom. The van der Waals surface area contributed by atoms with Gasteiger partial charge in [0.25, 0.3) is 5.91 Å². The van der Waals surface area contributed by atoms with Gasteiger partial charge in [-0.15, -0.1) is 11.3 Å². The Labute approximate surface area is 143 Å². The van der Waals surface area contributed by atoms with Crippen LogP contribution in [0.15, 0.2) is 64.3 Å². The number of hydrogen-bond donors (Lipinski definition) is 1. The normalized spacial score (nSPS) is 11.4. The van der Waals surface area contributed by atoms with E-state index in [1.54, 1.807) is 24.5 Å². The van der Waals surface area contributed by atoms with Gasteiger partial charge < -0.3 is 4.42 Å². The highest BCUT2D eigenvalue weighted by atomic mass is 32.1. The molecule has 0 aliphatic carbocycles. The number of hydrogen-bond acceptors (Lipinski definition) is 5. The average molecular weight is 337 g/mol. The fourth-order valence-electron chi connectivity index (χ4n) is 2.02. The van der Waals surface area contributed by atoms with E-state index in [0.717, 1.165) is 16.3 Å². The molecule has 0 aliphatic heterocycles. The minimum atomic E-state index is -0.269. The Hall–Kier alpha value is -2.99. The third-order valence-corrected chi connectivity index (χ3v) is 4.36. The lowest BCUT2D eigenvalue weighted by molar-refractivity contribution is 0.0958. The number of carbonyl (C=O) groups is 1. The smallest absolute Gasteiger partial charge is 0.283 e. The summed E-state index contributed by atoms with van der Waals surface area (Å²) in [5, 5.41) is 4.72. The molecule has 3 rings (SSSR count). The monoisotopic (exact) mass is 337 g/mol. The number of nitrogens with zero attached hydrogens (tertiary/aromatic N) is 2. The predicted octanol–water partition coefficient (Wildman–Crippen LogP) is 4.14. The van der Waals surface area contributed by atoms with Gasteiger partial charge in [-0.25, -0.2) is 10.4 Å². The quantitative estimate of drug-likeness (QED) is 0.562. The molecule has 0 unspecified atom stereocenters. The third-order valence-electron chi connectivity index (χ3n) is 3.15. The van der Waals surface area contributed by atoms with Crippen molar-refractivity contribution in [1.29, 1.82) is 0 Å². The fourth-order valence-corrected chi connectivity index (χ4v) is 2.99. The van der Waals surface area contributed by atoms with Crippen molar-refractivity contribution in [2.45, 2.75) is 6.92 Å². The van der Waals surface area contributed by atoms with Crippen LogP contribution in [0.1, 0.15) is 21.1 Å². The van der Waals surface area contributed by atoms with E-state index in [4.69, 9.17) is 4.42 Å². The summed E-state index contributed by atoms with van der Waals surface area (Å²) >= 11 is 1.35. The van der Waals surface area contributed by atoms with Crippen molar-refractivity contribution in [3.05, 3.63) is 71.1 Å². The standard InChI is InChI=1S/C18H15N3O2S/c1-13-16(24-18(20-13)14-7-3-2-4-8-14)17(22)21-19-11-5-9-15-10-6-12-23-15/h2-12H,1H3,(H,21,22)/b9-5-,19-11?. The summed E-state index contributed by atoms with van der Waals surface area (Å²) in [7, 11) is 0. The minimum absolute atomic E-state index is 0.269. The van der Waals surface area contributed by atoms with E-state index >= 15 is 0 Å². The number of furan rings is 1. The molecule has 0 radical (unpaired) electrons. The topological polar surface area (TPSA) is 67.5 Å². The van der Waals surface area contributed by atoms with Gasteiger partial charge in [-0.2, -0.15) is 5.10 Å². The van der Waals surface area contributed by atoms with Gasteiger partial charge >= 0.3 is 0 Å². The van der Waals surface area contributed by atoms with Crippen LogP contribution >= 0.6 is 11.3 Å². The van der Waals surface area contributed by atoms with Crippen molar-refractivity contribution in [3.63, 3.8) is 0 Å². The number of rotatable bonds is 5. The molecule has 0 aliphatic rings. The van der Waals surface area contributed by atoms with Crippen molar-refractivity contribution >= 4 is 29.5 Å². The first-order chi connectivity index (χ1) is 11.7. The van der Waals surface area contributed by atoms with E-state index in [1.807, 2.05) is 43.3 Å². The van der Waals surface area contributed by atoms with Gasteiger partial charge in [0.15, 0.2) is 0 Å². The van der Waals surface area contributed by atoms with Gasteiger partial charge in [-0.3, -0.25) is 4.79 Å². The molecule has 0 fully saturated rings. The molecule has 0 atom stereocenters. The van der Waals surface area contributed by atoms with Crippen LogP contribution in [0.3, 0.4) is 0 Å². The Morgan fingerprint density at radius 3 is 2.83 bits per heavy atom. The van der Waals surface area contributed by atoms with Crippen LogP contribution in [-0.2, 0) is 0 Å². The fraction of sp³-hybridized carbons (Fsp3) is 0.0556. The van der Waals surface area contributed by atoms with Gasteiger partial charge in [-0.05, 0) is 31.2 Å². The summed E-state index contributed by atoms with van der Waals surface area (Å²) in [5.41, 5.74) is 4.19. The zero-order valence-electron chi connectivity index (χ0n) is 13.0. The van der Waals surface area contributed by atoms with Crippen LogP contribution in [0.5, 0.6) is 0 Å². The summed E-state index contributed by atoms with van der Waals surface area (Å²) in [4.78, 5) is 17.2. The maximum atomic E-state index is 12.2. The first kappa shape index (κ1) is 15.9. The second-order valence-electron chi connectivity index (χ2n) is 4.89. The largest absolute Gasteiger partial charge is 0.465 e. The molecule has 24 heavy (non-hydrogen) atoms. The first-order valence-electron chi connectivity index (χ1n) is 7.30. The average Bonchev–Trinajstić information content (AvgIpc) is 3.25. The zero-order chi connectivity index (χ0) is 16.8. The summed E-state index contributed by atoms with van der Waals surface area (Å²) in [5.74, 6) is 0.452. The van der Waals surface area contributed by atoms with Crippen molar-refractivity contribution in [2.24, 2.45) is 5.10 Å². The Morgan fingerprint density at radius 2 is 2.08 bits per heavy atom. The van der Waals surface area contributed by atoms with E-state index in [1.165, 1.54) is 17.6 Å². The molecule has 2 heterocycles. The van der Waals surface area contributed by atoms with Crippen molar-refractivity contribution in [1.82, 2.24) is 10.4 Å². The second kappa shape index (κ2) is 7.52. The summed E-state index contributed by atoms with van der Waals surface area (Å²) in [6, 6.07) is 13.4. The molecule has 0 saturated carbocycles. The molecule has 1 aromatic carbocycles. The number of thiazole rings is 1. The number of benzene rings is 1. The number of allylic oxidation sites excluding steroid dienone is 1. The van der Waals surface area contributed by atoms with Crippen LogP contribution < -0.4 is 5.43 Å². The molecular formula is C18H15N3O2S. The van der Waals surface area contributed by atoms with Gasteiger partial charge in [0.2, 0.25) is 0 Å². The molecular weight excluding hydrogens is 322 g/mol. The van der Waals surface area contributed by atoms with Gasteiger partial charge in [0.1, 0.15) is 15.6 Å². The highest BCUT2D eigenvalue weighted by Crippen LogP contribution is 2.27. The lowest BCUT2D eigenvalue weighted by Crippen LogP contribution is -2.16. The minimum Gasteiger partial charge on any atom is -0.465 e. The molecule has 0 saturated heterocycles. The van der Waals surface area contributed by atoms with Gasteiger partial charge in [-0.1, -0.05) is 30.3 Å². The summed E-state index contributed by atoms with van der Waals surface area (Å²) in [6.45, 7) is 1.82. The van der Waals surface area contributed by atoms with Crippen molar-refractivity contribution in [3.8, 4) is 10.6 Å². The number of aromatic nitrogens is 1. The number of hydrazone groups is 1. The predicted molar refractivity (Wildman–Crippen MR) is 96.0 cm³/mol. The molecule has 120 valence electrons. The van der Waals surface area contributed by atoms with Crippen LogP contribution in [0, 0.1) is 6.92 Å². The van der Waals surface area contributed by atoms with Crippen LogP contribution in [-0.4, -0.2) is 17.1 Å². The van der Waals surface area contributed by atoms with E-state index in [9.17, 15) is 4.79 Å². The van der Waals surface area contributed by atoms with Crippen LogP contribution in [0.4, 0.5) is 0 Å². The Kier molecular flexibility index (Phi) is 4.98. The maximum absolute atomic E-state index is 12.2. The van der Waals surface area contributed by atoms with Crippen molar-refractivity contribution < 1.29 is 9.21 Å². The van der Waals surface area contributed by atoms with Gasteiger partial charge in [0.05, 0.1) is 12.0 Å². The molecule has 0 spiro atoms. The summed E-state index contributed by atoms with van der Waals surface area (Å²) in [6.07, 6.45) is 6.53. The van der Waals surface area contributed by atoms with E-state index in [-0.39, 0.29) is 5.91 Å². The molecule has 5 nitrogen and oxygen atoms in total. The lowest BCUT2D eigenvalue weighted by atomic mass is 10.2. The maximum Gasteiger partial charge on any atom is 0.283 e.